The highest BCUT2D eigenvalue weighted by molar-refractivity contribution is 5.70. The third-order valence-electron chi connectivity index (χ3n) is 2.82. The fourth-order valence-electron chi connectivity index (χ4n) is 1.27. The number of aliphatic hydroxyl groups is 1. The molecule has 7 nitrogen and oxygen atoms in total. The molecule has 0 aliphatic rings. The molecule has 0 spiro atoms. The number of carbonyl (C=O) groups is 3. The first-order valence-corrected chi connectivity index (χ1v) is 7.00. The molecule has 0 bridgehead atoms. The molecule has 0 unspecified atom stereocenters. The quantitative estimate of drug-likeness (QED) is 0.471. The van der Waals surface area contributed by atoms with Crippen molar-refractivity contribution in [3.05, 3.63) is 0 Å². The van der Waals surface area contributed by atoms with E-state index in [4.69, 9.17) is 14.2 Å². The number of rotatable bonds is 10. The lowest BCUT2D eigenvalue weighted by Crippen LogP contribution is -2.42. The summed E-state index contributed by atoms with van der Waals surface area (Å²) in [5.41, 5.74) is -1.14. The maximum atomic E-state index is 11.2. The fraction of sp³-hybridized carbons (Fsp3) is 0.786. The van der Waals surface area contributed by atoms with Crippen LogP contribution in [0.1, 0.15) is 40.0 Å². The molecule has 0 saturated heterocycles. The van der Waals surface area contributed by atoms with Gasteiger partial charge in [0.05, 0.1) is 12.0 Å². The van der Waals surface area contributed by atoms with Crippen LogP contribution in [0.5, 0.6) is 0 Å². The highest BCUT2D eigenvalue weighted by atomic mass is 16.6. The van der Waals surface area contributed by atoms with Crippen molar-refractivity contribution in [2.45, 2.75) is 40.0 Å². The lowest BCUT2D eigenvalue weighted by molar-refractivity contribution is -0.164. The predicted molar refractivity (Wildman–Crippen MR) is 73.3 cm³/mol. The summed E-state index contributed by atoms with van der Waals surface area (Å²) in [6.07, 6.45) is 0.557. The second-order valence-electron chi connectivity index (χ2n) is 4.70. The first-order valence-electron chi connectivity index (χ1n) is 7.00. The normalized spacial score (nSPS) is 10.9. The average Bonchev–Trinajstić information content (AvgIpc) is 2.53. The molecule has 0 heterocycles. The second kappa shape index (κ2) is 10.1. The summed E-state index contributed by atoms with van der Waals surface area (Å²) in [5, 5.41) is 9.56. The number of hydrogen-bond acceptors (Lipinski definition) is 7. The van der Waals surface area contributed by atoms with Gasteiger partial charge < -0.3 is 19.3 Å². The SMILES string of the molecule is CCC(=O)OCC(CO)(COC(=O)CC)COC(=O)CC. The minimum Gasteiger partial charge on any atom is -0.465 e. The Hall–Kier alpha value is -1.63. The van der Waals surface area contributed by atoms with Crippen molar-refractivity contribution in [2.24, 2.45) is 5.41 Å². The van der Waals surface area contributed by atoms with Crippen LogP contribution in [0.25, 0.3) is 0 Å². The van der Waals surface area contributed by atoms with Crippen LogP contribution in [-0.2, 0) is 28.6 Å². The molecule has 7 heteroatoms. The predicted octanol–water partition coefficient (Wildman–Crippen LogP) is 0.825. The average molecular weight is 304 g/mol. The van der Waals surface area contributed by atoms with E-state index < -0.39 is 29.9 Å². The van der Waals surface area contributed by atoms with E-state index >= 15 is 0 Å². The minimum atomic E-state index is -1.14. The number of hydrogen-bond donors (Lipinski definition) is 1. The molecule has 0 aromatic rings. The van der Waals surface area contributed by atoms with Gasteiger partial charge in [0.1, 0.15) is 19.8 Å². The number of esters is 3. The molecule has 0 fully saturated rings. The number of carbonyl (C=O) groups excluding carboxylic acids is 3. The Labute approximate surface area is 124 Å². The van der Waals surface area contributed by atoms with Crippen molar-refractivity contribution in [3.63, 3.8) is 0 Å². The molecule has 0 aromatic heterocycles. The van der Waals surface area contributed by atoms with Gasteiger partial charge in [-0.15, -0.1) is 0 Å². The topological polar surface area (TPSA) is 99.1 Å². The van der Waals surface area contributed by atoms with E-state index in [0.717, 1.165) is 0 Å². The van der Waals surface area contributed by atoms with Crippen molar-refractivity contribution >= 4 is 17.9 Å². The van der Waals surface area contributed by atoms with Crippen LogP contribution in [0.3, 0.4) is 0 Å². The monoisotopic (exact) mass is 304 g/mol. The van der Waals surface area contributed by atoms with E-state index in [1.54, 1.807) is 20.8 Å². The van der Waals surface area contributed by atoms with E-state index in [-0.39, 0.29) is 39.1 Å². The first kappa shape index (κ1) is 19.4. The van der Waals surface area contributed by atoms with E-state index in [9.17, 15) is 19.5 Å². The Kier molecular flexibility index (Phi) is 9.36. The van der Waals surface area contributed by atoms with E-state index in [1.807, 2.05) is 0 Å². The molecular formula is C14H24O7. The third kappa shape index (κ3) is 7.65. The minimum absolute atomic E-state index is 0.186. The Balaban J connectivity index is 4.76. The lowest BCUT2D eigenvalue weighted by atomic mass is 9.92. The summed E-state index contributed by atoms with van der Waals surface area (Å²) in [6, 6.07) is 0. The van der Waals surface area contributed by atoms with E-state index in [2.05, 4.69) is 0 Å². The Bertz CT molecular complexity index is 301. The third-order valence-corrected chi connectivity index (χ3v) is 2.82. The lowest BCUT2D eigenvalue weighted by Gasteiger charge is -2.30. The largest absolute Gasteiger partial charge is 0.465 e. The van der Waals surface area contributed by atoms with Crippen LogP contribution in [0.15, 0.2) is 0 Å². The fourth-order valence-corrected chi connectivity index (χ4v) is 1.27. The van der Waals surface area contributed by atoms with Gasteiger partial charge in [-0.05, 0) is 0 Å². The maximum absolute atomic E-state index is 11.2. The van der Waals surface area contributed by atoms with Gasteiger partial charge in [0, 0.05) is 19.3 Å². The van der Waals surface area contributed by atoms with Gasteiger partial charge in [0.2, 0.25) is 0 Å². The standard InChI is InChI=1S/C14H24O7/c1-4-11(16)19-8-14(7-15,9-20-12(17)5-2)10-21-13(18)6-3/h15H,4-10H2,1-3H3. The highest BCUT2D eigenvalue weighted by Crippen LogP contribution is 2.20. The van der Waals surface area contributed by atoms with Crippen molar-refractivity contribution in [1.82, 2.24) is 0 Å². The molecule has 0 aliphatic heterocycles. The maximum Gasteiger partial charge on any atom is 0.305 e. The van der Waals surface area contributed by atoms with E-state index in [1.165, 1.54) is 0 Å². The summed E-state index contributed by atoms with van der Waals surface area (Å²) in [4.78, 5) is 33.7. The van der Waals surface area contributed by atoms with Crippen molar-refractivity contribution in [1.29, 1.82) is 0 Å². The molecule has 0 radical (unpaired) electrons. The summed E-state index contributed by atoms with van der Waals surface area (Å²) >= 11 is 0. The van der Waals surface area contributed by atoms with Gasteiger partial charge in [-0.2, -0.15) is 0 Å². The van der Waals surface area contributed by atoms with Crippen LogP contribution in [0, 0.1) is 5.41 Å². The number of ether oxygens (including phenoxy) is 3. The molecule has 0 rings (SSSR count). The molecule has 122 valence electrons. The van der Waals surface area contributed by atoms with Gasteiger partial charge in [0.15, 0.2) is 0 Å². The summed E-state index contributed by atoms with van der Waals surface area (Å²) in [7, 11) is 0. The van der Waals surface area contributed by atoms with Crippen LogP contribution in [-0.4, -0.2) is 49.4 Å². The van der Waals surface area contributed by atoms with E-state index in [0.29, 0.717) is 0 Å². The number of aliphatic hydroxyl groups excluding tert-OH is 1. The highest BCUT2D eigenvalue weighted by Gasteiger charge is 2.35. The van der Waals surface area contributed by atoms with Crippen LogP contribution in [0.4, 0.5) is 0 Å². The summed E-state index contributed by atoms with van der Waals surface area (Å²) in [5.74, 6) is -1.34. The zero-order chi connectivity index (χ0) is 16.3. The second-order valence-corrected chi connectivity index (χ2v) is 4.70. The molecule has 0 aliphatic carbocycles. The van der Waals surface area contributed by atoms with Crippen molar-refractivity contribution in [3.8, 4) is 0 Å². The zero-order valence-corrected chi connectivity index (χ0v) is 12.8. The summed E-state index contributed by atoms with van der Waals surface area (Å²) < 4.78 is 15.0. The van der Waals surface area contributed by atoms with Crippen LogP contribution < -0.4 is 0 Å². The van der Waals surface area contributed by atoms with Gasteiger partial charge in [-0.1, -0.05) is 20.8 Å². The first-order chi connectivity index (χ1) is 9.92. The van der Waals surface area contributed by atoms with Crippen LogP contribution >= 0.6 is 0 Å². The Morgan fingerprint density at radius 1 is 0.762 bits per heavy atom. The smallest absolute Gasteiger partial charge is 0.305 e. The van der Waals surface area contributed by atoms with Gasteiger partial charge >= 0.3 is 17.9 Å². The van der Waals surface area contributed by atoms with Gasteiger partial charge in [-0.25, -0.2) is 0 Å². The molecule has 0 amide bonds. The Morgan fingerprint density at radius 2 is 1.05 bits per heavy atom. The molecule has 1 N–H and O–H groups in total. The van der Waals surface area contributed by atoms with Crippen molar-refractivity contribution < 1.29 is 33.7 Å². The van der Waals surface area contributed by atoms with Crippen LogP contribution in [0.2, 0.25) is 0 Å². The molecule has 21 heavy (non-hydrogen) atoms. The molecule has 0 saturated carbocycles. The van der Waals surface area contributed by atoms with Gasteiger partial charge in [0.25, 0.3) is 0 Å². The summed E-state index contributed by atoms with van der Waals surface area (Å²) in [6.45, 7) is 3.89. The molecule has 0 aromatic carbocycles. The molecule has 0 atom stereocenters. The van der Waals surface area contributed by atoms with Crippen molar-refractivity contribution in [2.75, 3.05) is 26.4 Å². The Morgan fingerprint density at radius 3 is 1.24 bits per heavy atom. The zero-order valence-electron chi connectivity index (χ0n) is 12.8. The molecular weight excluding hydrogens is 280 g/mol. The van der Waals surface area contributed by atoms with Gasteiger partial charge in [-0.3, -0.25) is 14.4 Å².